The summed E-state index contributed by atoms with van der Waals surface area (Å²) in [5.74, 6) is 1.45. The molecule has 3 aromatic rings. The van der Waals surface area contributed by atoms with E-state index in [0.29, 0.717) is 32.1 Å². The Kier molecular flexibility index (Phi) is 6.63. The number of aromatic amines is 1. The normalized spacial score (nSPS) is 14.2. The second-order valence-corrected chi connectivity index (χ2v) is 9.20. The topological polar surface area (TPSA) is 115 Å². The van der Waals surface area contributed by atoms with Crippen molar-refractivity contribution in [1.82, 2.24) is 14.9 Å². The number of sulfonamides is 1. The Bertz CT molecular complexity index is 1160. The van der Waals surface area contributed by atoms with E-state index in [2.05, 4.69) is 20.2 Å². The molecule has 0 aliphatic carbocycles. The summed E-state index contributed by atoms with van der Waals surface area (Å²) in [5.41, 5.74) is 3.59. The van der Waals surface area contributed by atoms with Gasteiger partial charge in [0.25, 0.3) is 0 Å². The average molecular weight is 459 g/mol. The molecule has 10 heteroatoms. The highest BCUT2D eigenvalue weighted by atomic mass is 32.2. The van der Waals surface area contributed by atoms with Gasteiger partial charge in [0.1, 0.15) is 13.2 Å². The summed E-state index contributed by atoms with van der Waals surface area (Å²) in [6, 6.07) is 12.1. The van der Waals surface area contributed by atoms with Crippen LogP contribution in [-0.4, -0.2) is 51.6 Å². The molecule has 0 fully saturated rings. The Morgan fingerprint density at radius 3 is 2.62 bits per heavy atom. The van der Waals surface area contributed by atoms with Crippen molar-refractivity contribution in [2.45, 2.75) is 24.4 Å². The van der Waals surface area contributed by atoms with Crippen molar-refractivity contribution in [1.29, 1.82) is 0 Å². The van der Waals surface area contributed by atoms with Gasteiger partial charge in [-0.15, -0.1) is 0 Å². The van der Waals surface area contributed by atoms with E-state index in [4.69, 9.17) is 14.2 Å². The quantitative estimate of drug-likeness (QED) is 0.452. The third-order valence-electron chi connectivity index (χ3n) is 4.97. The molecule has 1 aliphatic rings. The summed E-state index contributed by atoms with van der Waals surface area (Å²) >= 11 is 0. The van der Waals surface area contributed by atoms with Gasteiger partial charge >= 0.3 is 0 Å². The SMILES string of the molecule is COCC(C)NS(=O)(=O)c1ccc(NCc2cn[nH]c2-c2ccc3c(c2)OCCO3)cc1. The Labute approximate surface area is 187 Å². The minimum absolute atomic E-state index is 0.200. The second-order valence-electron chi connectivity index (χ2n) is 7.48. The van der Waals surface area contributed by atoms with Gasteiger partial charge in [0, 0.05) is 36.5 Å². The predicted octanol–water partition coefficient (Wildman–Crippen LogP) is 2.77. The molecule has 4 rings (SSSR count). The second kappa shape index (κ2) is 9.60. The highest BCUT2D eigenvalue weighted by molar-refractivity contribution is 7.89. The summed E-state index contributed by atoms with van der Waals surface area (Å²) in [5, 5.41) is 10.5. The van der Waals surface area contributed by atoms with Gasteiger partial charge < -0.3 is 19.5 Å². The summed E-state index contributed by atoms with van der Waals surface area (Å²) in [6.07, 6.45) is 1.76. The zero-order chi connectivity index (χ0) is 22.6. The molecule has 3 N–H and O–H groups in total. The number of H-pyrrole nitrogens is 1. The first-order chi connectivity index (χ1) is 15.5. The number of hydrogen-bond donors (Lipinski definition) is 3. The van der Waals surface area contributed by atoms with E-state index >= 15 is 0 Å². The maximum Gasteiger partial charge on any atom is 0.240 e. The fourth-order valence-electron chi connectivity index (χ4n) is 3.46. The van der Waals surface area contributed by atoms with Crippen molar-refractivity contribution in [2.75, 3.05) is 32.2 Å². The van der Waals surface area contributed by atoms with Crippen LogP contribution in [0, 0.1) is 0 Å². The summed E-state index contributed by atoms with van der Waals surface area (Å²) < 4.78 is 43.7. The first-order valence-corrected chi connectivity index (χ1v) is 11.7. The molecule has 0 radical (unpaired) electrons. The van der Waals surface area contributed by atoms with Crippen LogP contribution >= 0.6 is 0 Å². The molecule has 0 bridgehead atoms. The fraction of sp³-hybridized carbons (Fsp3) is 0.318. The first kappa shape index (κ1) is 22.1. The lowest BCUT2D eigenvalue weighted by Gasteiger charge is -2.19. The van der Waals surface area contributed by atoms with Crippen molar-refractivity contribution in [2.24, 2.45) is 0 Å². The first-order valence-electron chi connectivity index (χ1n) is 10.2. The minimum Gasteiger partial charge on any atom is -0.486 e. The lowest BCUT2D eigenvalue weighted by Crippen LogP contribution is -2.35. The van der Waals surface area contributed by atoms with Crippen LogP contribution < -0.4 is 19.5 Å². The number of fused-ring (bicyclic) bond motifs is 1. The molecule has 0 saturated heterocycles. The molecule has 0 saturated carbocycles. The molecule has 0 spiro atoms. The van der Waals surface area contributed by atoms with Crippen molar-refractivity contribution in [3.05, 3.63) is 54.2 Å². The van der Waals surface area contributed by atoms with Gasteiger partial charge in [-0.1, -0.05) is 0 Å². The van der Waals surface area contributed by atoms with Crippen molar-refractivity contribution in [3.8, 4) is 22.8 Å². The fourth-order valence-corrected chi connectivity index (χ4v) is 4.69. The highest BCUT2D eigenvalue weighted by Gasteiger charge is 2.18. The van der Waals surface area contributed by atoms with E-state index < -0.39 is 10.0 Å². The summed E-state index contributed by atoms with van der Waals surface area (Å²) in [4.78, 5) is 0.200. The van der Waals surface area contributed by atoms with Crippen molar-refractivity contribution in [3.63, 3.8) is 0 Å². The maximum atomic E-state index is 12.5. The Morgan fingerprint density at radius 1 is 1.12 bits per heavy atom. The van der Waals surface area contributed by atoms with Crippen LogP contribution in [0.15, 0.2) is 53.6 Å². The highest BCUT2D eigenvalue weighted by Crippen LogP contribution is 2.35. The maximum absolute atomic E-state index is 12.5. The van der Waals surface area contributed by atoms with Crippen LogP contribution in [0.4, 0.5) is 5.69 Å². The van der Waals surface area contributed by atoms with Gasteiger partial charge in [0.2, 0.25) is 10.0 Å². The van der Waals surface area contributed by atoms with Gasteiger partial charge in [-0.3, -0.25) is 5.10 Å². The number of ether oxygens (including phenoxy) is 3. The van der Waals surface area contributed by atoms with Gasteiger partial charge in [0.15, 0.2) is 11.5 Å². The summed E-state index contributed by atoms with van der Waals surface area (Å²) in [6.45, 7) is 3.64. The van der Waals surface area contributed by atoms with Gasteiger partial charge in [0.05, 0.1) is 23.4 Å². The molecular weight excluding hydrogens is 432 g/mol. The number of nitrogens with zero attached hydrogens (tertiary/aromatic N) is 1. The van der Waals surface area contributed by atoms with Crippen LogP contribution in [0.2, 0.25) is 0 Å². The molecule has 1 atom stereocenters. The number of nitrogens with one attached hydrogen (secondary N) is 3. The van der Waals surface area contributed by atoms with Crippen molar-refractivity contribution < 1.29 is 22.6 Å². The van der Waals surface area contributed by atoms with E-state index in [1.165, 1.54) is 7.11 Å². The van der Waals surface area contributed by atoms with Crippen LogP contribution in [-0.2, 0) is 21.3 Å². The number of aromatic nitrogens is 2. The van der Waals surface area contributed by atoms with Crippen LogP contribution in [0.1, 0.15) is 12.5 Å². The average Bonchev–Trinajstić information content (AvgIpc) is 3.26. The van der Waals surface area contributed by atoms with E-state index in [9.17, 15) is 8.42 Å². The Balaban J connectivity index is 1.43. The van der Waals surface area contributed by atoms with E-state index in [-0.39, 0.29) is 10.9 Å². The molecule has 32 heavy (non-hydrogen) atoms. The third kappa shape index (κ3) is 5.04. The standard InChI is InChI=1S/C22H26N4O5S/c1-15(14-29-2)26-32(27,28)19-6-4-18(5-7-19)23-12-17-13-24-25-22(17)16-3-8-20-21(11-16)31-10-9-30-20/h3-8,11,13,15,23,26H,9-10,12,14H2,1-2H3,(H,24,25). The van der Waals surface area contributed by atoms with Gasteiger partial charge in [-0.25, -0.2) is 13.1 Å². The number of methoxy groups -OCH3 is 1. The molecule has 170 valence electrons. The summed E-state index contributed by atoms with van der Waals surface area (Å²) in [7, 11) is -2.07. The Hall–Kier alpha value is -3.08. The zero-order valence-corrected chi connectivity index (χ0v) is 18.7. The number of anilines is 1. The van der Waals surface area contributed by atoms with Crippen molar-refractivity contribution >= 4 is 15.7 Å². The van der Waals surface area contributed by atoms with Gasteiger partial charge in [-0.05, 0) is 49.4 Å². The molecule has 2 heterocycles. The minimum atomic E-state index is -3.60. The molecule has 1 unspecified atom stereocenters. The van der Waals surface area contributed by atoms with E-state index in [1.54, 1.807) is 37.4 Å². The molecule has 0 amide bonds. The predicted molar refractivity (Wildman–Crippen MR) is 120 cm³/mol. The van der Waals surface area contributed by atoms with E-state index in [1.807, 2.05) is 18.2 Å². The third-order valence-corrected chi connectivity index (χ3v) is 6.57. The number of hydrogen-bond acceptors (Lipinski definition) is 7. The monoisotopic (exact) mass is 458 g/mol. The van der Waals surface area contributed by atoms with E-state index in [0.717, 1.165) is 28.3 Å². The lowest BCUT2D eigenvalue weighted by molar-refractivity contribution is 0.171. The van der Waals surface area contributed by atoms with Crippen LogP contribution in [0.3, 0.4) is 0 Å². The molecule has 1 aliphatic heterocycles. The van der Waals surface area contributed by atoms with Crippen LogP contribution in [0.5, 0.6) is 11.5 Å². The molecule has 9 nitrogen and oxygen atoms in total. The van der Waals surface area contributed by atoms with Gasteiger partial charge in [-0.2, -0.15) is 5.10 Å². The van der Waals surface area contributed by atoms with Crippen LogP contribution in [0.25, 0.3) is 11.3 Å². The zero-order valence-electron chi connectivity index (χ0n) is 17.9. The number of rotatable bonds is 9. The smallest absolute Gasteiger partial charge is 0.240 e. The largest absolute Gasteiger partial charge is 0.486 e. The molecule has 1 aromatic heterocycles. The number of benzene rings is 2. The Morgan fingerprint density at radius 2 is 1.88 bits per heavy atom. The molecular formula is C22H26N4O5S. The molecule has 2 aromatic carbocycles. The lowest BCUT2D eigenvalue weighted by atomic mass is 10.1.